The first kappa shape index (κ1) is 10.3. The van der Waals surface area contributed by atoms with E-state index in [0.717, 1.165) is 12.1 Å². The van der Waals surface area contributed by atoms with Crippen LogP contribution in [0, 0.1) is 0 Å². The van der Waals surface area contributed by atoms with Crippen LogP contribution in [0.1, 0.15) is 12.1 Å². The molecule has 1 amide bonds. The quantitative estimate of drug-likeness (QED) is 0.756. The highest BCUT2D eigenvalue weighted by Crippen LogP contribution is 2.17. The van der Waals surface area contributed by atoms with E-state index in [1.165, 1.54) is 12.3 Å². The van der Waals surface area contributed by atoms with Crippen molar-refractivity contribution in [2.24, 2.45) is 0 Å². The molecule has 0 aliphatic heterocycles. The number of halogens is 2. The third kappa shape index (κ3) is 2.62. The standard InChI is InChI=1S/C9H8F2N2O/c1-2-8(14)13-6-3-4-7(9(10)11)12-5-6/h2-5,9H,1H2,(H,13,14). The van der Waals surface area contributed by atoms with Gasteiger partial charge < -0.3 is 5.32 Å². The number of aromatic nitrogens is 1. The van der Waals surface area contributed by atoms with Crippen molar-refractivity contribution in [2.45, 2.75) is 6.43 Å². The van der Waals surface area contributed by atoms with Gasteiger partial charge in [0.05, 0.1) is 11.9 Å². The minimum absolute atomic E-state index is 0.318. The molecule has 1 rings (SSSR count). The van der Waals surface area contributed by atoms with E-state index in [1.807, 2.05) is 0 Å². The number of hydrogen-bond acceptors (Lipinski definition) is 2. The Morgan fingerprint density at radius 2 is 2.29 bits per heavy atom. The van der Waals surface area contributed by atoms with E-state index in [0.29, 0.717) is 5.69 Å². The average molecular weight is 198 g/mol. The largest absolute Gasteiger partial charge is 0.321 e. The van der Waals surface area contributed by atoms with Gasteiger partial charge in [0.2, 0.25) is 5.91 Å². The Kier molecular flexibility index (Phi) is 3.28. The van der Waals surface area contributed by atoms with Crippen LogP contribution in [0.4, 0.5) is 14.5 Å². The summed E-state index contributed by atoms with van der Waals surface area (Å²) < 4.78 is 24.1. The SMILES string of the molecule is C=CC(=O)Nc1ccc(C(F)F)nc1. The summed E-state index contributed by atoms with van der Waals surface area (Å²) in [4.78, 5) is 14.3. The molecule has 1 aromatic heterocycles. The summed E-state index contributed by atoms with van der Waals surface area (Å²) in [5, 5.41) is 2.39. The molecule has 0 aliphatic carbocycles. The van der Waals surface area contributed by atoms with Crippen LogP contribution < -0.4 is 5.32 Å². The van der Waals surface area contributed by atoms with Crippen molar-refractivity contribution in [3.63, 3.8) is 0 Å². The summed E-state index contributed by atoms with van der Waals surface area (Å²) in [6.07, 6.45) is -0.344. The van der Waals surface area contributed by atoms with E-state index < -0.39 is 12.3 Å². The van der Waals surface area contributed by atoms with E-state index in [2.05, 4.69) is 16.9 Å². The lowest BCUT2D eigenvalue weighted by molar-refractivity contribution is -0.111. The van der Waals surface area contributed by atoms with Crippen molar-refractivity contribution in [1.29, 1.82) is 0 Å². The molecule has 74 valence electrons. The van der Waals surface area contributed by atoms with Gasteiger partial charge in [0.25, 0.3) is 6.43 Å². The number of hydrogen-bond donors (Lipinski definition) is 1. The van der Waals surface area contributed by atoms with E-state index in [1.54, 1.807) is 0 Å². The number of anilines is 1. The second-order valence-corrected chi connectivity index (χ2v) is 2.47. The van der Waals surface area contributed by atoms with Gasteiger partial charge in [-0.1, -0.05) is 6.58 Å². The predicted octanol–water partition coefficient (Wildman–Crippen LogP) is 2.14. The molecule has 3 nitrogen and oxygen atoms in total. The van der Waals surface area contributed by atoms with Gasteiger partial charge in [0, 0.05) is 0 Å². The Morgan fingerprint density at radius 3 is 2.71 bits per heavy atom. The minimum Gasteiger partial charge on any atom is -0.321 e. The van der Waals surface area contributed by atoms with Crippen LogP contribution in [-0.2, 0) is 4.79 Å². The van der Waals surface area contributed by atoms with Crippen molar-refractivity contribution in [3.05, 3.63) is 36.7 Å². The zero-order valence-electron chi connectivity index (χ0n) is 7.21. The number of amides is 1. The van der Waals surface area contributed by atoms with Gasteiger partial charge in [-0.15, -0.1) is 0 Å². The second kappa shape index (κ2) is 4.45. The molecule has 0 spiro atoms. The number of rotatable bonds is 3. The van der Waals surface area contributed by atoms with Crippen molar-refractivity contribution in [2.75, 3.05) is 5.32 Å². The zero-order valence-corrected chi connectivity index (χ0v) is 7.21. The maximum atomic E-state index is 12.1. The fourth-order valence-corrected chi connectivity index (χ4v) is 0.802. The van der Waals surface area contributed by atoms with Crippen molar-refractivity contribution in [1.82, 2.24) is 4.98 Å². The number of nitrogens with zero attached hydrogens (tertiary/aromatic N) is 1. The molecular weight excluding hydrogens is 190 g/mol. The molecule has 0 radical (unpaired) electrons. The highest BCUT2D eigenvalue weighted by molar-refractivity contribution is 5.98. The first-order valence-corrected chi connectivity index (χ1v) is 3.81. The maximum Gasteiger partial charge on any atom is 0.280 e. The second-order valence-electron chi connectivity index (χ2n) is 2.47. The molecule has 0 saturated carbocycles. The van der Waals surface area contributed by atoms with Crippen LogP contribution in [0.5, 0.6) is 0 Å². The Morgan fingerprint density at radius 1 is 1.57 bits per heavy atom. The topological polar surface area (TPSA) is 42.0 Å². The van der Waals surface area contributed by atoms with Crippen molar-refractivity contribution >= 4 is 11.6 Å². The summed E-state index contributed by atoms with van der Waals surface area (Å²) in [5.74, 6) is -0.406. The number of alkyl halides is 2. The molecule has 0 saturated heterocycles. The highest BCUT2D eigenvalue weighted by atomic mass is 19.3. The van der Waals surface area contributed by atoms with Crippen molar-refractivity contribution < 1.29 is 13.6 Å². The monoisotopic (exact) mass is 198 g/mol. The lowest BCUT2D eigenvalue weighted by Crippen LogP contribution is -2.07. The molecule has 5 heteroatoms. The molecule has 1 aromatic rings. The molecule has 0 aromatic carbocycles. The molecule has 0 bridgehead atoms. The number of carbonyl (C=O) groups is 1. The van der Waals surface area contributed by atoms with Gasteiger partial charge in [-0.05, 0) is 18.2 Å². The normalized spacial score (nSPS) is 9.93. The van der Waals surface area contributed by atoms with Crippen LogP contribution in [0.2, 0.25) is 0 Å². The van der Waals surface area contributed by atoms with E-state index >= 15 is 0 Å². The maximum absolute atomic E-state index is 12.1. The minimum atomic E-state index is -2.60. The van der Waals surface area contributed by atoms with Gasteiger partial charge in [0.15, 0.2) is 0 Å². The van der Waals surface area contributed by atoms with E-state index in [9.17, 15) is 13.6 Å². The van der Waals surface area contributed by atoms with E-state index in [4.69, 9.17) is 0 Å². The summed E-state index contributed by atoms with van der Waals surface area (Å²) in [6.45, 7) is 3.25. The van der Waals surface area contributed by atoms with Gasteiger partial charge in [0.1, 0.15) is 5.69 Å². The smallest absolute Gasteiger partial charge is 0.280 e. The fraction of sp³-hybridized carbons (Fsp3) is 0.111. The summed E-state index contributed by atoms with van der Waals surface area (Å²) in [7, 11) is 0. The first-order valence-electron chi connectivity index (χ1n) is 3.81. The fourth-order valence-electron chi connectivity index (χ4n) is 0.802. The molecular formula is C9H8F2N2O. The lowest BCUT2D eigenvalue weighted by Gasteiger charge is -2.02. The lowest BCUT2D eigenvalue weighted by atomic mass is 10.3. The van der Waals surface area contributed by atoms with E-state index in [-0.39, 0.29) is 5.69 Å². The predicted molar refractivity (Wildman–Crippen MR) is 48.0 cm³/mol. The molecule has 1 heterocycles. The molecule has 0 fully saturated rings. The number of carbonyl (C=O) groups excluding carboxylic acids is 1. The molecule has 0 atom stereocenters. The number of nitrogens with one attached hydrogen (secondary N) is 1. The third-order valence-corrected chi connectivity index (χ3v) is 1.46. The van der Waals surface area contributed by atoms with Crippen LogP contribution in [0.3, 0.4) is 0 Å². The molecule has 0 unspecified atom stereocenters. The van der Waals surface area contributed by atoms with Gasteiger partial charge in [-0.25, -0.2) is 8.78 Å². The molecule has 0 aliphatic rings. The zero-order chi connectivity index (χ0) is 10.6. The van der Waals surface area contributed by atoms with Gasteiger partial charge in [-0.3, -0.25) is 9.78 Å². The number of pyridine rings is 1. The molecule has 1 N–H and O–H groups in total. The Hall–Kier alpha value is -1.78. The van der Waals surface area contributed by atoms with Gasteiger partial charge >= 0.3 is 0 Å². The first-order chi connectivity index (χ1) is 6.63. The summed E-state index contributed by atoms with van der Waals surface area (Å²) in [5.41, 5.74) is 0.0425. The van der Waals surface area contributed by atoms with Crippen molar-refractivity contribution in [3.8, 4) is 0 Å². The third-order valence-electron chi connectivity index (χ3n) is 1.46. The Balaban J connectivity index is 2.73. The average Bonchev–Trinajstić information content (AvgIpc) is 2.18. The summed E-state index contributed by atoms with van der Waals surface area (Å²) in [6, 6.07) is 2.51. The van der Waals surface area contributed by atoms with Crippen LogP contribution in [-0.4, -0.2) is 10.9 Å². The van der Waals surface area contributed by atoms with Gasteiger partial charge in [-0.2, -0.15) is 0 Å². The summed E-state index contributed by atoms with van der Waals surface area (Å²) >= 11 is 0. The molecule has 14 heavy (non-hydrogen) atoms. The van der Waals surface area contributed by atoms with Crippen LogP contribution in [0.25, 0.3) is 0 Å². The Labute approximate surface area is 79.5 Å². The van der Waals surface area contributed by atoms with Crippen LogP contribution in [0.15, 0.2) is 31.0 Å². The Bertz CT molecular complexity index is 335. The van der Waals surface area contributed by atoms with Crippen LogP contribution >= 0.6 is 0 Å². The highest BCUT2D eigenvalue weighted by Gasteiger charge is 2.07.